The second kappa shape index (κ2) is 8.49. The van der Waals surface area contributed by atoms with E-state index in [1.54, 1.807) is 13.8 Å². The van der Waals surface area contributed by atoms with E-state index >= 15 is 0 Å². The first-order valence-corrected chi connectivity index (χ1v) is 9.92. The van der Waals surface area contributed by atoms with Crippen LogP contribution in [0.1, 0.15) is 30.6 Å². The van der Waals surface area contributed by atoms with Gasteiger partial charge in [0.25, 0.3) is 5.91 Å². The first kappa shape index (κ1) is 20.8. The number of hydrogen-bond donors (Lipinski definition) is 2. The molecule has 1 unspecified atom stereocenters. The van der Waals surface area contributed by atoms with Gasteiger partial charge in [-0.15, -0.1) is 0 Å². The van der Waals surface area contributed by atoms with Crippen molar-refractivity contribution in [2.75, 3.05) is 20.2 Å². The molecular formula is C17H23N3O6S. The van der Waals surface area contributed by atoms with Gasteiger partial charge in [-0.1, -0.05) is 6.07 Å². The average Bonchev–Trinajstić information content (AvgIpc) is 2.61. The minimum atomic E-state index is -3.77. The molecule has 2 N–H and O–H groups in total. The number of hydrogen-bond acceptors (Lipinski definition) is 6. The Balaban J connectivity index is 2.31. The molecule has 1 fully saturated rings. The van der Waals surface area contributed by atoms with Gasteiger partial charge in [-0.2, -0.15) is 0 Å². The molecule has 2 amide bonds. The van der Waals surface area contributed by atoms with Crippen LogP contribution in [-0.2, 0) is 24.3 Å². The van der Waals surface area contributed by atoms with E-state index in [0.29, 0.717) is 0 Å². The normalized spacial score (nSPS) is 17.6. The number of methoxy groups -OCH3 is 1. The van der Waals surface area contributed by atoms with Crippen LogP contribution in [0.4, 0.5) is 0 Å². The van der Waals surface area contributed by atoms with E-state index < -0.39 is 33.8 Å². The molecule has 0 radical (unpaired) electrons. The van der Waals surface area contributed by atoms with E-state index in [1.807, 2.05) is 0 Å². The largest absolute Gasteiger partial charge is 0.469 e. The quantitative estimate of drug-likeness (QED) is 0.645. The Bertz CT molecular complexity index is 837. The van der Waals surface area contributed by atoms with E-state index in [0.717, 1.165) is 0 Å². The highest BCUT2D eigenvalue weighted by Crippen LogP contribution is 2.18. The van der Waals surface area contributed by atoms with Gasteiger partial charge in [-0.25, -0.2) is 13.1 Å². The second-order valence-corrected chi connectivity index (χ2v) is 8.10. The molecule has 1 aromatic rings. The monoisotopic (exact) mass is 397 g/mol. The minimum Gasteiger partial charge on any atom is -0.469 e. The van der Waals surface area contributed by atoms with Gasteiger partial charge >= 0.3 is 5.97 Å². The number of esters is 1. The molecule has 0 spiro atoms. The number of carbonyl (C=O) groups excluding carboxylic acids is 3. The van der Waals surface area contributed by atoms with Crippen molar-refractivity contribution >= 4 is 27.8 Å². The van der Waals surface area contributed by atoms with Crippen molar-refractivity contribution in [2.45, 2.75) is 37.2 Å². The molecule has 0 bridgehead atoms. The van der Waals surface area contributed by atoms with Crippen molar-refractivity contribution < 1.29 is 27.5 Å². The lowest BCUT2D eigenvalue weighted by Crippen LogP contribution is -2.57. The van der Waals surface area contributed by atoms with E-state index in [9.17, 15) is 22.8 Å². The zero-order chi connectivity index (χ0) is 20.2. The third kappa shape index (κ3) is 5.04. The molecule has 1 saturated heterocycles. The smallest absolute Gasteiger partial charge is 0.308 e. The number of nitrogens with one attached hydrogen (secondary N) is 2. The van der Waals surface area contributed by atoms with Gasteiger partial charge in [-0.05, 0) is 32.0 Å². The highest BCUT2D eigenvalue weighted by molar-refractivity contribution is 7.89. The molecule has 148 valence electrons. The third-order valence-corrected chi connectivity index (χ3v) is 5.62. The lowest BCUT2D eigenvalue weighted by molar-refractivity contribution is -0.145. The molecule has 10 heteroatoms. The number of rotatable bonds is 6. The van der Waals surface area contributed by atoms with Crippen LogP contribution in [-0.4, -0.2) is 63.4 Å². The lowest BCUT2D eigenvalue weighted by atomic mass is 10.1. The Morgan fingerprint density at radius 2 is 2.07 bits per heavy atom. The van der Waals surface area contributed by atoms with Crippen LogP contribution >= 0.6 is 0 Å². The Labute approximate surface area is 158 Å². The van der Waals surface area contributed by atoms with Gasteiger partial charge in [0.2, 0.25) is 15.9 Å². The Morgan fingerprint density at radius 1 is 1.37 bits per heavy atom. The summed E-state index contributed by atoms with van der Waals surface area (Å²) in [6.07, 6.45) is -0.277. The molecule has 1 aliphatic rings. The first-order valence-electron chi connectivity index (χ1n) is 8.43. The summed E-state index contributed by atoms with van der Waals surface area (Å²) in [6, 6.07) is 4.27. The standard InChI is InChI=1S/C17H23N3O6S/c1-11(2)19-27(24,25)13-6-4-5-12(9-13)17(23)20-8-7-18-16(22)14(20)10-15(21)26-3/h4-6,9,11,14,19H,7-8,10H2,1-3H3,(H,18,22). The van der Waals surface area contributed by atoms with E-state index in [1.165, 1.54) is 36.3 Å². The fourth-order valence-electron chi connectivity index (χ4n) is 2.74. The summed E-state index contributed by atoms with van der Waals surface area (Å²) in [5.41, 5.74) is 0.117. The number of nitrogens with zero attached hydrogens (tertiary/aromatic N) is 1. The number of carbonyl (C=O) groups is 3. The summed E-state index contributed by atoms with van der Waals surface area (Å²) in [5, 5.41) is 2.61. The molecule has 1 aromatic carbocycles. The number of amides is 2. The van der Waals surface area contributed by atoms with Gasteiger partial charge in [0.1, 0.15) is 6.04 Å². The van der Waals surface area contributed by atoms with Gasteiger partial charge < -0.3 is 15.0 Å². The van der Waals surface area contributed by atoms with Crippen molar-refractivity contribution in [3.8, 4) is 0 Å². The highest BCUT2D eigenvalue weighted by Gasteiger charge is 2.35. The van der Waals surface area contributed by atoms with Crippen LogP contribution in [0.5, 0.6) is 0 Å². The fourth-order valence-corrected chi connectivity index (χ4v) is 4.04. The fraction of sp³-hybridized carbons (Fsp3) is 0.471. The molecule has 0 aliphatic carbocycles. The molecule has 1 heterocycles. The number of piperazine rings is 1. The maximum absolute atomic E-state index is 12.9. The summed E-state index contributed by atoms with van der Waals surface area (Å²) in [7, 11) is -2.57. The maximum atomic E-state index is 12.9. The van der Waals surface area contributed by atoms with Crippen LogP contribution in [0.3, 0.4) is 0 Å². The van der Waals surface area contributed by atoms with Crippen molar-refractivity contribution in [1.82, 2.24) is 14.9 Å². The lowest BCUT2D eigenvalue weighted by Gasteiger charge is -2.34. The van der Waals surface area contributed by atoms with Crippen LogP contribution in [0.15, 0.2) is 29.2 Å². The SMILES string of the molecule is COC(=O)CC1C(=O)NCCN1C(=O)c1cccc(S(=O)(=O)NC(C)C)c1. The summed E-state index contributed by atoms with van der Waals surface area (Å²) in [4.78, 5) is 37.8. The summed E-state index contributed by atoms with van der Waals surface area (Å²) in [5.74, 6) is -1.60. The molecule has 2 rings (SSSR count). The summed E-state index contributed by atoms with van der Waals surface area (Å²) in [6.45, 7) is 3.83. The summed E-state index contributed by atoms with van der Waals surface area (Å²) < 4.78 is 31.7. The van der Waals surface area contributed by atoms with Crippen LogP contribution in [0.2, 0.25) is 0 Å². The molecule has 1 atom stereocenters. The number of benzene rings is 1. The van der Waals surface area contributed by atoms with E-state index in [-0.39, 0.29) is 36.0 Å². The predicted octanol–water partition coefficient (Wildman–Crippen LogP) is -0.123. The van der Waals surface area contributed by atoms with Gasteiger partial charge in [-0.3, -0.25) is 14.4 Å². The molecular weight excluding hydrogens is 374 g/mol. The molecule has 1 aliphatic heterocycles. The molecule has 9 nitrogen and oxygen atoms in total. The minimum absolute atomic E-state index is 0.0481. The van der Waals surface area contributed by atoms with Crippen LogP contribution < -0.4 is 10.0 Å². The topological polar surface area (TPSA) is 122 Å². The number of sulfonamides is 1. The van der Waals surface area contributed by atoms with Crippen molar-refractivity contribution in [1.29, 1.82) is 0 Å². The van der Waals surface area contributed by atoms with Crippen LogP contribution in [0, 0.1) is 0 Å². The predicted molar refractivity (Wildman–Crippen MR) is 96.4 cm³/mol. The Kier molecular flexibility index (Phi) is 6.55. The average molecular weight is 397 g/mol. The zero-order valence-corrected chi connectivity index (χ0v) is 16.2. The molecule has 0 saturated carbocycles. The van der Waals surface area contributed by atoms with Crippen molar-refractivity contribution in [3.05, 3.63) is 29.8 Å². The summed E-state index contributed by atoms with van der Waals surface area (Å²) >= 11 is 0. The van der Waals surface area contributed by atoms with Gasteiger partial charge in [0.05, 0.1) is 18.4 Å². The number of ether oxygens (including phenoxy) is 1. The van der Waals surface area contributed by atoms with Gasteiger partial charge in [0, 0.05) is 24.7 Å². The molecule has 27 heavy (non-hydrogen) atoms. The third-order valence-electron chi connectivity index (χ3n) is 3.96. The Hall–Kier alpha value is -2.46. The van der Waals surface area contributed by atoms with Crippen molar-refractivity contribution in [3.63, 3.8) is 0 Å². The van der Waals surface area contributed by atoms with E-state index in [2.05, 4.69) is 14.8 Å². The first-order chi connectivity index (χ1) is 12.7. The zero-order valence-electron chi connectivity index (χ0n) is 15.4. The van der Waals surface area contributed by atoms with Crippen LogP contribution in [0.25, 0.3) is 0 Å². The van der Waals surface area contributed by atoms with E-state index in [4.69, 9.17) is 0 Å². The highest BCUT2D eigenvalue weighted by atomic mass is 32.2. The van der Waals surface area contributed by atoms with Crippen molar-refractivity contribution in [2.24, 2.45) is 0 Å². The Morgan fingerprint density at radius 3 is 2.70 bits per heavy atom. The maximum Gasteiger partial charge on any atom is 0.308 e. The molecule has 0 aromatic heterocycles. The second-order valence-electron chi connectivity index (χ2n) is 6.39. The van der Waals surface area contributed by atoms with Gasteiger partial charge in [0.15, 0.2) is 0 Å².